The Labute approximate surface area is 133 Å². The number of thiocarbonyl (C=S) groups is 1. The molecule has 1 aromatic carbocycles. The van der Waals surface area contributed by atoms with E-state index in [0.717, 1.165) is 5.56 Å². The van der Waals surface area contributed by atoms with Gasteiger partial charge in [0.25, 0.3) is 0 Å². The molecular weight excluding hydrogens is 330 g/mol. The largest absolute Gasteiger partial charge is 0.388 e. The van der Waals surface area contributed by atoms with E-state index in [-0.39, 0.29) is 22.1 Å². The van der Waals surface area contributed by atoms with Gasteiger partial charge in [0.2, 0.25) is 10.0 Å². The molecule has 0 saturated carbocycles. The summed E-state index contributed by atoms with van der Waals surface area (Å²) in [6.45, 7) is 0.130. The Morgan fingerprint density at radius 3 is 2.57 bits per heavy atom. The lowest BCUT2D eigenvalue weighted by Crippen LogP contribution is -2.27. The van der Waals surface area contributed by atoms with Gasteiger partial charge in [-0.2, -0.15) is 0 Å². The fraction of sp³-hybridized carbons (Fsp3) is 0.0769. The Morgan fingerprint density at radius 2 is 1.95 bits per heavy atom. The van der Waals surface area contributed by atoms with Gasteiger partial charge in [0.05, 0.1) is 0 Å². The van der Waals surface area contributed by atoms with Gasteiger partial charge in [-0.05, 0) is 29.8 Å². The van der Waals surface area contributed by atoms with Crippen molar-refractivity contribution in [3.63, 3.8) is 0 Å². The molecule has 0 bridgehead atoms. The number of hydrogen-bond acceptors (Lipinski definition) is 4. The normalized spacial score (nSPS) is 11.3. The predicted octanol–water partition coefficient (Wildman–Crippen LogP) is 1.85. The van der Waals surface area contributed by atoms with Crippen molar-refractivity contribution < 1.29 is 8.42 Å². The Morgan fingerprint density at radius 1 is 1.29 bits per heavy atom. The van der Waals surface area contributed by atoms with Crippen LogP contribution in [0.3, 0.4) is 0 Å². The average molecular weight is 342 g/mol. The van der Waals surface area contributed by atoms with E-state index in [2.05, 4.69) is 9.71 Å². The summed E-state index contributed by atoms with van der Waals surface area (Å²) in [6, 6.07) is 9.78. The smallest absolute Gasteiger partial charge is 0.243 e. The summed E-state index contributed by atoms with van der Waals surface area (Å²) < 4.78 is 27.1. The molecule has 0 aliphatic carbocycles. The number of nitrogens with one attached hydrogen (secondary N) is 1. The molecule has 0 radical (unpaired) electrons. The first kappa shape index (κ1) is 15.8. The maximum atomic E-state index is 12.3. The summed E-state index contributed by atoms with van der Waals surface area (Å²) in [6.07, 6.45) is 1.44. The first-order valence-electron chi connectivity index (χ1n) is 5.89. The second kappa shape index (κ2) is 6.48. The van der Waals surface area contributed by atoms with Crippen LogP contribution >= 0.6 is 23.8 Å². The number of hydrogen-bond donors (Lipinski definition) is 2. The first-order chi connectivity index (χ1) is 9.90. The highest BCUT2D eigenvalue weighted by molar-refractivity contribution is 7.89. The monoisotopic (exact) mass is 341 g/mol. The summed E-state index contributed by atoms with van der Waals surface area (Å²) in [4.78, 5) is 3.81. The van der Waals surface area contributed by atoms with Gasteiger partial charge < -0.3 is 5.73 Å². The molecule has 3 N–H and O–H groups in total. The number of sulfonamides is 1. The number of aromatic nitrogens is 1. The van der Waals surface area contributed by atoms with Gasteiger partial charge in [-0.1, -0.05) is 36.0 Å². The van der Waals surface area contributed by atoms with E-state index in [4.69, 9.17) is 29.6 Å². The highest BCUT2D eigenvalue weighted by atomic mass is 35.5. The molecule has 0 atom stereocenters. The number of rotatable bonds is 5. The first-order valence-corrected chi connectivity index (χ1v) is 8.16. The third-order valence-corrected chi connectivity index (χ3v) is 4.55. The lowest BCUT2D eigenvalue weighted by Gasteiger charge is -2.10. The fourth-order valence-electron chi connectivity index (χ4n) is 1.65. The second-order valence-electron chi connectivity index (χ2n) is 4.17. The van der Waals surface area contributed by atoms with Crippen LogP contribution in [0.1, 0.15) is 11.3 Å². The van der Waals surface area contributed by atoms with E-state index in [1.54, 1.807) is 24.3 Å². The van der Waals surface area contributed by atoms with Gasteiger partial charge in [-0.3, -0.25) is 4.98 Å². The molecule has 0 unspecified atom stereocenters. The van der Waals surface area contributed by atoms with Crippen LogP contribution in [0.4, 0.5) is 0 Å². The average Bonchev–Trinajstić information content (AvgIpc) is 2.47. The molecule has 1 heterocycles. The summed E-state index contributed by atoms with van der Waals surface area (Å²) >= 11 is 10.6. The summed E-state index contributed by atoms with van der Waals surface area (Å²) in [7, 11) is -3.76. The van der Waals surface area contributed by atoms with Gasteiger partial charge in [0.15, 0.2) is 0 Å². The van der Waals surface area contributed by atoms with Crippen LogP contribution < -0.4 is 10.5 Å². The lowest BCUT2D eigenvalue weighted by atomic mass is 10.2. The molecule has 0 aliphatic rings. The predicted molar refractivity (Wildman–Crippen MR) is 85.6 cm³/mol. The van der Waals surface area contributed by atoms with Gasteiger partial charge in [0, 0.05) is 17.8 Å². The van der Waals surface area contributed by atoms with Crippen molar-refractivity contribution >= 4 is 38.8 Å². The minimum absolute atomic E-state index is 0.0357. The van der Waals surface area contributed by atoms with Crippen molar-refractivity contribution in [1.29, 1.82) is 0 Å². The van der Waals surface area contributed by atoms with Crippen LogP contribution in [0.2, 0.25) is 5.02 Å². The number of pyridine rings is 1. The zero-order chi connectivity index (χ0) is 15.5. The Hall–Kier alpha value is -1.54. The van der Waals surface area contributed by atoms with E-state index in [1.807, 2.05) is 0 Å². The quantitative estimate of drug-likeness (QED) is 0.811. The van der Waals surface area contributed by atoms with Crippen molar-refractivity contribution in [2.45, 2.75) is 11.4 Å². The van der Waals surface area contributed by atoms with E-state index < -0.39 is 10.0 Å². The topological polar surface area (TPSA) is 85.1 Å². The van der Waals surface area contributed by atoms with E-state index in [1.165, 1.54) is 18.3 Å². The minimum atomic E-state index is -3.76. The Kier molecular flexibility index (Phi) is 4.89. The fourth-order valence-corrected chi connectivity index (χ4v) is 3.19. The molecule has 0 aliphatic heterocycles. The van der Waals surface area contributed by atoms with E-state index in [9.17, 15) is 8.42 Å². The number of benzene rings is 1. The molecule has 21 heavy (non-hydrogen) atoms. The molecule has 110 valence electrons. The maximum Gasteiger partial charge on any atom is 0.243 e. The van der Waals surface area contributed by atoms with Crippen molar-refractivity contribution in [3.8, 4) is 0 Å². The minimum Gasteiger partial charge on any atom is -0.388 e. The molecule has 0 saturated heterocycles. The highest BCUT2D eigenvalue weighted by Crippen LogP contribution is 2.14. The zero-order valence-corrected chi connectivity index (χ0v) is 13.2. The van der Waals surface area contributed by atoms with Crippen LogP contribution in [0.25, 0.3) is 0 Å². The van der Waals surface area contributed by atoms with Gasteiger partial charge in [-0.25, -0.2) is 13.1 Å². The number of halogens is 1. The molecule has 0 fully saturated rings. The van der Waals surface area contributed by atoms with Gasteiger partial charge in [-0.15, -0.1) is 0 Å². The third kappa shape index (κ3) is 3.98. The molecule has 0 amide bonds. The van der Waals surface area contributed by atoms with Crippen LogP contribution in [0, 0.1) is 0 Å². The zero-order valence-electron chi connectivity index (χ0n) is 10.8. The maximum absolute atomic E-state index is 12.3. The van der Waals surface area contributed by atoms with Crippen molar-refractivity contribution in [3.05, 3.63) is 58.9 Å². The number of nitrogens with zero attached hydrogens (tertiary/aromatic N) is 1. The second-order valence-corrected chi connectivity index (χ2v) is 6.78. The molecule has 1 aromatic heterocycles. The lowest BCUT2D eigenvalue weighted by molar-refractivity contribution is 0.580. The van der Waals surface area contributed by atoms with Crippen molar-refractivity contribution in [2.24, 2.45) is 5.73 Å². The Balaban J connectivity index is 2.23. The summed E-state index contributed by atoms with van der Waals surface area (Å²) in [5.41, 5.74) is 6.36. The SMILES string of the molecule is NC(=S)c1ncccc1S(=O)(=O)NCc1ccc(Cl)cc1. The molecule has 2 rings (SSSR count). The third-order valence-electron chi connectivity index (χ3n) is 2.67. The van der Waals surface area contributed by atoms with Gasteiger partial charge in [0.1, 0.15) is 15.6 Å². The molecular formula is C13H12ClN3O2S2. The number of nitrogens with two attached hydrogens (primary N) is 1. The summed E-state index contributed by atoms with van der Waals surface area (Å²) in [5, 5.41) is 0.588. The highest BCUT2D eigenvalue weighted by Gasteiger charge is 2.20. The van der Waals surface area contributed by atoms with E-state index in [0.29, 0.717) is 5.02 Å². The van der Waals surface area contributed by atoms with Crippen LogP contribution in [0.15, 0.2) is 47.5 Å². The molecule has 8 heteroatoms. The van der Waals surface area contributed by atoms with Crippen LogP contribution in [0.5, 0.6) is 0 Å². The van der Waals surface area contributed by atoms with Gasteiger partial charge >= 0.3 is 0 Å². The molecule has 5 nitrogen and oxygen atoms in total. The van der Waals surface area contributed by atoms with E-state index >= 15 is 0 Å². The molecule has 0 spiro atoms. The van der Waals surface area contributed by atoms with Crippen LogP contribution in [-0.4, -0.2) is 18.4 Å². The van der Waals surface area contributed by atoms with Crippen molar-refractivity contribution in [1.82, 2.24) is 9.71 Å². The standard InChI is InChI=1S/C13H12ClN3O2S2/c14-10-5-3-9(4-6-10)8-17-21(18,19)11-2-1-7-16-12(11)13(15)20/h1-7,17H,8H2,(H2,15,20). The van der Waals surface area contributed by atoms with Crippen molar-refractivity contribution in [2.75, 3.05) is 0 Å². The molecule has 2 aromatic rings. The summed E-state index contributed by atoms with van der Waals surface area (Å²) in [5.74, 6) is 0. The Bertz CT molecular complexity index is 761. The van der Waals surface area contributed by atoms with Crippen LogP contribution in [-0.2, 0) is 16.6 Å².